The molecule has 0 radical (unpaired) electrons. The number of rotatable bonds is 8. The van der Waals surface area contributed by atoms with E-state index < -0.39 is 0 Å². The molecule has 0 aliphatic carbocycles. The second kappa shape index (κ2) is 11.2. The highest BCUT2D eigenvalue weighted by molar-refractivity contribution is 6.00. The summed E-state index contributed by atoms with van der Waals surface area (Å²) in [6.07, 6.45) is 1.53. The molecule has 3 aromatic carbocycles. The molecule has 0 bridgehead atoms. The fraction of sp³-hybridized carbons (Fsp3) is 0.242. The smallest absolute Gasteiger partial charge is 0.226 e. The van der Waals surface area contributed by atoms with Crippen molar-refractivity contribution >= 4 is 22.5 Å². The van der Waals surface area contributed by atoms with Crippen molar-refractivity contribution in [2.24, 2.45) is 13.0 Å². The molecule has 0 saturated carbocycles. The van der Waals surface area contributed by atoms with Crippen molar-refractivity contribution in [2.45, 2.75) is 33.0 Å². The molecule has 2 aromatic heterocycles. The maximum atomic E-state index is 12.7. The number of hydrogen-bond donors (Lipinski definition) is 0. The monoisotopic (exact) mass is 532 g/mol. The third-order valence-corrected chi connectivity index (χ3v) is 7.33. The van der Waals surface area contributed by atoms with E-state index in [4.69, 9.17) is 19.6 Å². The van der Waals surface area contributed by atoms with Crippen LogP contribution < -0.4 is 14.4 Å². The van der Waals surface area contributed by atoms with Gasteiger partial charge >= 0.3 is 0 Å². The molecule has 0 unspecified atom stereocenters. The molecular weight excluding hydrogens is 500 g/mol. The third-order valence-electron chi connectivity index (χ3n) is 7.33. The van der Waals surface area contributed by atoms with Gasteiger partial charge in [0.15, 0.2) is 0 Å². The molecule has 1 aliphatic heterocycles. The number of aryl methyl sites for hydroxylation is 1. The number of ether oxygens (including phenoxy) is 2. The highest BCUT2D eigenvalue weighted by Gasteiger charge is 2.25. The molecular formula is C33H32N4O3. The second-order valence-corrected chi connectivity index (χ2v) is 10.4. The SMILES string of the molecule is C[C@H]1CCC(=O)N(c2ccc3c(-c4ccc(OCc5ccccc5)nc4OCc4ccccc4)nn(C)c3c2)C1. The topological polar surface area (TPSA) is 69.5 Å². The first kappa shape index (κ1) is 25.6. The Balaban J connectivity index is 1.34. The van der Waals surface area contributed by atoms with Gasteiger partial charge in [-0.15, -0.1) is 0 Å². The highest BCUT2D eigenvalue weighted by atomic mass is 16.5. The lowest BCUT2D eigenvalue weighted by Crippen LogP contribution is -2.39. The van der Waals surface area contributed by atoms with Gasteiger partial charge in [0.2, 0.25) is 17.7 Å². The van der Waals surface area contributed by atoms with Gasteiger partial charge in [-0.05, 0) is 47.7 Å². The van der Waals surface area contributed by atoms with Crippen LogP contribution in [-0.4, -0.2) is 27.2 Å². The fourth-order valence-electron chi connectivity index (χ4n) is 5.12. The molecule has 40 heavy (non-hydrogen) atoms. The lowest BCUT2D eigenvalue weighted by molar-refractivity contribution is -0.120. The van der Waals surface area contributed by atoms with Gasteiger partial charge in [-0.3, -0.25) is 9.48 Å². The number of carbonyl (C=O) groups is 1. The average Bonchev–Trinajstić information content (AvgIpc) is 3.32. The summed E-state index contributed by atoms with van der Waals surface area (Å²) < 4.78 is 14.1. The Morgan fingerprint density at radius 3 is 2.30 bits per heavy atom. The third kappa shape index (κ3) is 5.41. The molecule has 7 nitrogen and oxygen atoms in total. The van der Waals surface area contributed by atoms with E-state index in [1.54, 1.807) is 0 Å². The summed E-state index contributed by atoms with van der Waals surface area (Å²) in [4.78, 5) is 19.3. The largest absolute Gasteiger partial charge is 0.473 e. The van der Waals surface area contributed by atoms with Gasteiger partial charge in [-0.2, -0.15) is 10.1 Å². The van der Waals surface area contributed by atoms with E-state index in [0.717, 1.165) is 51.9 Å². The van der Waals surface area contributed by atoms with Crippen molar-refractivity contribution in [2.75, 3.05) is 11.4 Å². The zero-order valence-electron chi connectivity index (χ0n) is 22.8. The summed E-state index contributed by atoms with van der Waals surface area (Å²) in [6.45, 7) is 3.71. The van der Waals surface area contributed by atoms with Gasteiger partial charge in [0.25, 0.3) is 0 Å². The van der Waals surface area contributed by atoms with Crippen molar-refractivity contribution in [3.05, 3.63) is 102 Å². The second-order valence-electron chi connectivity index (χ2n) is 10.4. The van der Waals surface area contributed by atoms with E-state index >= 15 is 0 Å². The number of carbonyl (C=O) groups excluding carboxylic acids is 1. The van der Waals surface area contributed by atoms with Crippen LogP contribution in [0.5, 0.6) is 11.8 Å². The summed E-state index contributed by atoms with van der Waals surface area (Å²) >= 11 is 0. The number of pyridine rings is 1. The molecule has 3 heterocycles. The molecule has 7 heteroatoms. The van der Waals surface area contributed by atoms with E-state index in [-0.39, 0.29) is 5.91 Å². The normalized spacial score (nSPS) is 15.4. The number of benzene rings is 3. The Hall–Kier alpha value is -4.65. The predicted octanol–water partition coefficient (Wildman–Crippen LogP) is 6.56. The van der Waals surface area contributed by atoms with Gasteiger partial charge in [0, 0.05) is 37.2 Å². The molecule has 0 spiro atoms. The van der Waals surface area contributed by atoms with Crippen LogP contribution in [0, 0.1) is 5.92 Å². The first-order valence-electron chi connectivity index (χ1n) is 13.7. The summed E-state index contributed by atoms with van der Waals surface area (Å²) in [5.41, 5.74) is 5.51. The first-order chi connectivity index (χ1) is 19.5. The zero-order valence-corrected chi connectivity index (χ0v) is 22.8. The maximum absolute atomic E-state index is 12.7. The maximum Gasteiger partial charge on any atom is 0.226 e. The Morgan fingerprint density at radius 1 is 0.875 bits per heavy atom. The molecule has 5 aromatic rings. The van der Waals surface area contributed by atoms with Crippen LogP contribution in [0.3, 0.4) is 0 Å². The van der Waals surface area contributed by atoms with Crippen LogP contribution >= 0.6 is 0 Å². The number of fused-ring (bicyclic) bond motifs is 1. The summed E-state index contributed by atoms with van der Waals surface area (Å²) in [5, 5.41) is 5.84. The van der Waals surface area contributed by atoms with E-state index in [1.807, 2.05) is 102 Å². The van der Waals surface area contributed by atoms with E-state index in [0.29, 0.717) is 37.3 Å². The number of amides is 1. The summed E-state index contributed by atoms with van der Waals surface area (Å²) in [6, 6.07) is 29.9. The van der Waals surface area contributed by atoms with Gasteiger partial charge < -0.3 is 14.4 Å². The van der Waals surface area contributed by atoms with Crippen LogP contribution in [0.25, 0.3) is 22.2 Å². The molecule has 1 saturated heterocycles. The molecule has 1 atom stereocenters. The van der Waals surface area contributed by atoms with Crippen molar-refractivity contribution in [1.82, 2.24) is 14.8 Å². The summed E-state index contributed by atoms with van der Waals surface area (Å²) in [5.74, 6) is 1.59. The molecule has 1 aliphatic rings. The Labute approximate surface area is 234 Å². The van der Waals surface area contributed by atoms with Gasteiger partial charge in [-0.25, -0.2) is 0 Å². The predicted molar refractivity (Wildman–Crippen MR) is 156 cm³/mol. The minimum Gasteiger partial charge on any atom is -0.473 e. The molecule has 1 amide bonds. The standard InChI is InChI=1S/C33H32N4O3/c1-23-13-18-31(38)37(20-23)26-14-15-27-29(19-26)36(2)35-32(27)28-16-17-30(39-21-24-9-5-3-6-10-24)34-33(28)40-22-25-11-7-4-8-12-25/h3-12,14-17,19,23H,13,18,20-22H2,1-2H3/t23-/m0/s1. The summed E-state index contributed by atoms with van der Waals surface area (Å²) in [7, 11) is 1.92. The Bertz CT molecular complexity index is 1630. The van der Waals surface area contributed by atoms with Crippen LogP contribution in [0.15, 0.2) is 91.0 Å². The van der Waals surface area contributed by atoms with Crippen molar-refractivity contribution in [1.29, 1.82) is 0 Å². The van der Waals surface area contributed by atoms with Crippen molar-refractivity contribution < 1.29 is 14.3 Å². The van der Waals surface area contributed by atoms with Crippen LogP contribution in [0.1, 0.15) is 30.9 Å². The van der Waals surface area contributed by atoms with E-state index in [2.05, 4.69) is 13.0 Å². The number of anilines is 1. The fourth-order valence-corrected chi connectivity index (χ4v) is 5.12. The lowest BCUT2D eigenvalue weighted by Gasteiger charge is -2.31. The molecule has 6 rings (SSSR count). The number of piperidine rings is 1. The molecule has 1 fully saturated rings. The zero-order chi connectivity index (χ0) is 27.5. The van der Waals surface area contributed by atoms with Crippen LogP contribution in [0.2, 0.25) is 0 Å². The quantitative estimate of drug-likeness (QED) is 0.226. The molecule has 0 N–H and O–H groups in total. The van der Waals surface area contributed by atoms with Crippen molar-refractivity contribution in [3.63, 3.8) is 0 Å². The number of hydrogen-bond acceptors (Lipinski definition) is 5. The van der Waals surface area contributed by atoms with E-state index in [1.165, 1.54) is 0 Å². The number of nitrogens with zero attached hydrogens (tertiary/aromatic N) is 4. The van der Waals surface area contributed by atoms with Gasteiger partial charge in [0.1, 0.15) is 18.9 Å². The number of aromatic nitrogens is 3. The minimum absolute atomic E-state index is 0.173. The van der Waals surface area contributed by atoms with Gasteiger partial charge in [-0.1, -0.05) is 67.6 Å². The average molecular weight is 533 g/mol. The highest BCUT2D eigenvalue weighted by Crippen LogP contribution is 2.37. The Kier molecular flexibility index (Phi) is 7.19. The lowest BCUT2D eigenvalue weighted by atomic mass is 9.99. The van der Waals surface area contributed by atoms with Crippen molar-refractivity contribution in [3.8, 4) is 23.0 Å². The minimum atomic E-state index is 0.173. The molecule has 202 valence electrons. The van der Waals surface area contributed by atoms with Crippen LogP contribution in [0.4, 0.5) is 5.69 Å². The van der Waals surface area contributed by atoms with Crippen LogP contribution in [-0.2, 0) is 25.1 Å². The van der Waals surface area contributed by atoms with E-state index in [9.17, 15) is 4.79 Å². The Morgan fingerprint density at radius 2 is 1.57 bits per heavy atom. The first-order valence-corrected chi connectivity index (χ1v) is 13.7. The van der Waals surface area contributed by atoms with Gasteiger partial charge in [0.05, 0.1) is 11.1 Å².